The molecule has 14 rings (SSSR count). The van der Waals surface area contributed by atoms with E-state index in [1.54, 1.807) is 0 Å². The number of benzene rings is 12. The van der Waals surface area contributed by atoms with Crippen molar-refractivity contribution in [1.82, 2.24) is 0 Å². The molecule has 0 saturated heterocycles. The molecule has 0 spiro atoms. The zero-order valence-corrected chi connectivity index (χ0v) is 46.2. The Hall–Kier alpha value is -10.5. The summed E-state index contributed by atoms with van der Waals surface area (Å²) in [6.45, 7) is 17.7. The first-order valence-electron chi connectivity index (χ1n) is 28.1. The molecule has 2 aliphatic rings. The standard InChI is InChI=1S/C78H56N4/c1-77(2)69-40-38-54(52-23-20-36-63(44-52)81(59-28-10-6-11-29-59)60-30-12-7-13-31-60)46-67(69)75-71(77)49-66-65(73(75)56-25-18-22-51(42-56)50-79)48-72-76(74(66)57-26-19-27-58(43-57)80-5)68-47-55(39-41-70(68)78(72,3)4)53-24-21-37-64(45-53)82(61-32-14-8-15-33-61)62-34-16-9-17-35-62/h6-49H,1-4H3. The number of nitriles is 1. The summed E-state index contributed by atoms with van der Waals surface area (Å²) < 4.78 is 0. The second-order valence-electron chi connectivity index (χ2n) is 22.7. The number of rotatable bonds is 10. The van der Waals surface area contributed by atoms with Crippen molar-refractivity contribution in [3.8, 4) is 72.8 Å². The van der Waals surface area contributed by atoms with Gasteiger partial charge in [-0.2, -0.15) is 5.26 Å². The second kappa shape index (κ2) is 19.7. The van der Waals surface area contributed by atoms with E-state index in [-0.39, 0.29) is 0 Å². The first kappa shape index (κ1) is 49.8. The maximum Gasteiger partial charge on any atom is 0.187 e. The van der Waals surface area contributed by atoms with Crippen LogP contribution in [0.15, 0.2) is 267 Å². The maximum absolute atomic E-state index is 10.5. The third-order valence-corrected chi connectivity index (χ3v) is 17.2. The summed E-state index contributed by atoms with van der Waals surface area (Å²) >= 11 is 0. The number of hydrogen-bond donors (Lipinski definition) is 0. The maximum atomic E-state index is 10.5. The Bertz CT molecular complexity index is 4210. The SMILES string of the molecule is [C-]#[N+]c1cccc(-c2c3c(cc4c(-c5cccc(C#N)c5)c5c(cc24)C(C)(C)c2ccc(-c4cccc(N(c6ccccc6)c6ccccc6)c4)cc2-5)C(C)(C)c2ccc(-c4cccc(N(c5ccccc5)c5ccccc5)c4)cc2-3)c1. The highest BCUT2D eigenvalue weighted by Crippen LogP contribution is 2.60. The van der Waals surface area contributed by atoms with Gasteiger partial charge in [0.15, 0.2) is 5.69 Å². The van der Waals surface area contributed by atoms with Crippen LogP contribution in [0.25, 0.3) is 82.4 Å². The van der Waals surface area contributed by atoms with Crippen LogP contribution in [-0.4, -0.2) is 0 Å². The summed E-state index contributed by atoms with van der Waals surface area (Å²) in [5, 5.41) is 12.8. The molecule has 0 fully saturated rings. The van der Waals surface area contributed by atoms with Gasteiger partial charge < -0.3 is 9.80 Å². The molecule has 0 heterocycles. The van der Waals surface area contributed by atoms with Crippen LogP contribution < -0.4 is 9.80 Å². The molecule has 12 aromatic carbocycles. The molecule has 388 valence electrons. The number of hydrogen-bond acceptors (Lipinski definition) is 3. The van der Waals surface area contributed by atoms with Crippen molar-refractivity contribution < 1.29 is 0 Å². The van der Waals surface area contributed by atoms with Crippen molar-refractivity contribution in [2.24, 2.45) is 0 Å². The summed E-state index contributed by atoms with van der Waals surface area (Å²) in [6.07, 6.45) is 0. The van der Waals surface area contributed by atoms with Gasteiger partial charge in [-0.15, -0.1) is 0 Å². The van der Waals surface area contributed by atoms with Crippen molar-refractivity contribution in [2.75, 3.05) is 9.80 Å². The van der Waals surface area contributed by atoms with Crippen molar-refractivity contribution in [1.29, 1.82) is 5.26 Å². The van der Waals surface area contributed by atoms with Gasteiger partial charge in [0.05, 0.1) is 18.2 Å². The Balaban J connectivity index is 0.997. The van der Waals surface area contributed by atoms with Gasteiger partial charge in [0.1, 0.15) is 0 Å². The number of para-hydroxylation sites is 4. The average Bonchev–Trinajstić information content (AvgIpc) is 1.79. The number of anilines is 6. The summed E-state index contributed by atoms with van der Waals surface area (Å²) in [6, 6.07) is 97.9. The average molecular weight is 1050 g/mol. The molecule has 0 aromatic heterocycles. The van der Waals surface area contributed by atoms with Crippen LogP contribution in [0.5, 0.6) is 0 Å². The molecular formula is C78H56N4. The van der Waals surface area contributed by atoms with Gasteiger partial charge in [0.25, 0.3) is 0 Å². The fraction of sp³-hybridized carbons (Fsp3) is 0.0769. The van der Waals surface area contributed by atoms with Crippen molar-refractivity contribution in [2.45, 2.75) is 38.5 Å². The molecule has 0 radical (unpaired) electrons. The fourth-order valence-corrected chi connectivity index (χ4v) is 13.3. The largest absolute Gasteiger partial charge is 0.310 e. The van der Waals surface area contributed by atoms with E-state index in [0.717, 1.165) is 89.4 Å². The Morgan fingerprint density at radius 3 is 1.11 bits per heavy atom. The molecule has 0 amide bonds. The van der Waals surface area contributed by atoms with Crippen LogP contribution >= 0.6 is 0 Å². The van der Waals surface area contributed by atoms with Crippen LogP contribution in [-0.2, 0) is 10.8 Å². The first-order valence-corrected chi connectivity index (χ1v) is 28.1. The van der Waals surface area contributed by atoms with Crippen LogP contribution in [0.3, 0.4) is 0 Å². The van der Waals surface area contributed by atoms with Gasteiger partial charge in [0, 0.05) is 45.0 Å². The van der Waals surface area contributed by atoms with E-state index in [1.807, 2.05) is 24.3 Å². The topological polar surface area (TPSA) is 34.6 Å². The van der Waals surface area contributed by atoms with E-state index in [9.17, 15) is 5.26 Å². The van der Waals surface area contributed by atoms with Crippen LogP contribution in [0, 0.1) is 17.9 Å². The lowest BCUT2D eigenvalue weighted by Gasteiger charge is -2.26. The van der Waals surface area contributed by atoms with Gasteiger partial charge in [-0.05, 0) is 215 Å². The van der Waals surface area contributed by atoms with E-state index in [2.05, 4.69) is 291 Å². The summed E-state index contributed by atoms with van der Waals surface area (Å²) in [4.78, 5) is 8.64. The van der Waals surface area contributed by atoms with E-state index in [0.29, 0.717) is 11.3 Å². The predicted molar refractivity (Wildman–Crippen MR) is 341 cm³/mol. The van der Waals surface area contributed by atoms with Crippen molar-refractivity contribution >= 4 is 50.6 Å². The molecule has 4 nitrogen and oxygen atoms in total. The smallest absolute Gasteiger partial charge is 0.187 e. The minimum Gasteiger partial charge on any atom is -0.310 e. The number of nitrogens with zero attached hydrogens (tertiary/aromatic N) is 4. The summed E-state index contributed by atoms with van der Waals surface area (Å²) in [5.74, 6) is 0. The van der Waals surface area contributed by atoms with Gasteiger partial charge in [0.2, 0.25) is 0 Å². The fourth-order valence-electron chi connectivity index (χ4n) is 13.3. The monoisotopic (exact) mass is 1050 g/mol. The molecule has 0 atom stereocenters. The molecule has 0 N–H and O–H groups in total. The second-order valence-corrected chi connectivity index (χ2v) is 22.7. The Morgan fingerprint density at radius 2 is 0.695 bits per heavy atom. The predicted octanol–water partition coefficient (Wildman–Crippen LogP) is 21.5. The molecule has 0 unspecified atom stereocenters. The van der Waals surface area contributed by atoms with Gasteiger partial charge in [-0.1, -0.05) is 179 Å². The summed E-state index contributed by atoms with van der Waals surface area (Å²) in [5.41, 5.74) is 25.3. The highest BCUT2D eigenvalue weighted by molar-refractivity contribution is 6.17. The Labute approximate surface area is 480 Å². The third-order valence-electron chi connectivity index (χ3n) is 17.2. The van der Waals surface area contributed by atoms with Crippen LogP contribution in [0.1, 0.15) is 55.5 Å². The lowest BCUT2D eigenvalue weighted by Crippen LogP contribution is -2.16. The van der Waals surface area contributed by atoms with E-state index < -0.39 is 10.8 Å². The zero-order valence-electron chi connectivity index (χ0n) is 46.2. The number of fused-ring (bicyclic) bond motifs is 7. The van der Waals surface area contributed by atoms with E-state index in [4.69, 9.17) is 6.57 Å². The zero-order chi connectivity index (χ0) is 55.7. The Morgan fingerprint density at radius 1 is 0.329 bits per heavy atom. The lowest BCUT2D eigenvalue weighted by molar-refractivity contribution is 0.660. The summed E-state index contributed by atoms with van der Waals surface area (Å²) in [7, 11) is 0. The normalized spacial score (nSPS) is 13.0. The molecule has 0 saturated carbocycles. The van der Waals surface area contributed by atoms with Crippen LogP contribution in [0.2, 0.25) is 0 Å². The van der Waals surface area contributed by atoms with Gasteiger partial charge >= 0.3 is 0 Å². The van der Waals surface area contributed by atoms with E-state index in [1.165, 1.54) is 44.5 Å². The highest BCUT2D eigenvalue weighted by atomic mass is 15.1. The van der Waals surface area contributed by atoms with Crippen molar-refractivity contribution in [3.05, 3.63) is 306 Å². The molecular weight excluding hydrogens is 993 g/mol. The van der Waals surface area contributed by atoms with E-state index >= 15 is 0 Å². The minimum absolute atomic E-state index is 0.406. The lowest BCUT2D eigenvalue weighted by atomic mass is 9.76. The van der Waals surface area contributed by atoms with Crippen molar-refractivity contribution in [3.63, 3.8) is 0 Å². The third kappa shape index (κ3) is 8.19. The first-order chi connectivity index (χ1) is 40.1. The van der Waals surface area contributed by atoms with Crippen LogP contribution in [0.4, 0.5) is 39.8 Å². The molecule has 12 aromatic rings. The minimum atomic E-state index is -0.407. The quantitative estimate of drug-likeness (QED) is 0.128. The van der Waals surface area contributed by atoms with Gasteiger partial charge in [-0.3, -0.25) is 0 Å². The highest BCUT2D eigenvalue weighted by Gasteiger charge is 2.42. The molecule has 0 aliphatic heterocycles. The Kier molecular flexibility index (Phi) is 11.9. The van der Waals surface area contributed by atoms with Gasteiger partial charge in [-0.25, -0.2) is 4.85 Å². The molecule has 4 heteroatoms. The molecule has 82 heavy (non-hydrogen) atoms. The molecule has 0 bridgehead atoms. The molecule has 2 aliphatic carbocycles.